The van der Waals surface area contributed by atoms with Gasteiger partial charge in [0.25, 0.3) is 0 Å². The lowest BCUT2D eigenvalue weighted by Crippen LogP contribution is -2.28. The van der Waals surface area contributed by atoms with Gasteiger partial charge in [0.2, 0.25) is 0 Å². The van der Waals surface area contributed by atoms with Crippen LogP contribution in [0.4, 0.5) is 10.1 Å². The lowest BCUT2D eigenvalue weighted by Gasteiger charge is -2.34. The molecular formula is C20H33FN2S. The van der Waals surface area contributed by atoms with Crippen LogP contribution in [0.2, 0.25) is 0 Å². The molecule has 136 valence electrons. The van der Waals surface area contributed by atoms with Crippen molar-refractivity contribution in [1.29, 1.82) is 0 Å². The number of fused-ring (bicyclic) bond motifs is 1. The van der Waals surface area contributed by atoms with Crippen LogP contribution < -0.4 is 10.0 Å². The zero-order valence-electron chi connectivity index (χ0n) is 15.8. The van der Waals surface area contributed by atoms with Crippen molar-refractivity contribution in [2.75, 3.05) is 24.2 Å². The van der Waals surface area contributed by atoms with Gasteiger partial charge >= 0.3 is 0 Å². The molecule has 24 heavy (non-hydrogen) atoms. The molecule has 3 unspecified atom stereocenters. The molecule has 0 saturated carbocycles. The molecule has 1 aliphatic rings. The highest BCUT2D eigenvalue weighted by Crippen LogP contribution is 2.40. The number of halogens is 1. The predicted octanol–water partition coefficient (Wildman–Crippen LogP) is 5.71. The molecule has 2 N–H and O–H groups in total. The molecule has 4 heteroatoms. The zero-order chi connectivity index (χ0) is 17.7. The van der Waals surface area contributed by atoms with Gasteiger partial charge in [-0.25, -0.2) is 4.39 Å². The van der Waals surface area contributed by atoms with E-state index in [1.807, 2.05) is 12.1 Å². The van der Waals surface area contributed by atoms with Crippen molar-refractivity contribution >= 4 is 17.6 Å². The highest BCUT2D eigenvalue weighted by atomic mass is 32.2. The Kier molecular flexibility index (Phi) is 6.99. The van der Waals surface area contributed by atoms with Crippen molar-refractivity contribution in [2.24, 2.45) is 11.8 Å². The maximum absolute atomic E-state index is 14.3. The van der Waals surface area contributed by atoms with E-state index in [0.717, 1.165) is 24.4 Å². The van der Waals surface area contributed by atoms with Crippen molar-refractivity contribution in [3.8, 4) is 0 Å². The van der Waals surface area contributed by atoms with Crippen molar-refractivity contribution in [3.63, 3.8) is 0 Å². The summed E-state index contributed by atoms with van der Waals surface area (Å²) in [5.41, 5.74) is 1.96. The van der Waals surface area contributed by atoms with Crippen LogP contribution in [-0.2, 0) is 5.67 Å². The largest absolute Gasteiger partial charge is 0.385 e. The van der Waals surface area contributed by atoms with Gasteiger partial charge in [-0.05, 0) is 61.6 Å². The SMILES string of the molecule is CCSNCC(C)CCC1CNc2ccc(C(C)(C)F)cc2C1C. The molecule has 0 saturated heterocycles. The van der Waals surface area contributed by atoms with E-state index in [1.165, 1.54) is 24.1 Å². The van der Waals surface area contributed by atoms with Crippen LogP contribution in [-0.4, -0.2) is 18.8 Å². The maximum Gasteiger partial charge on any atom is 0.130 e. The summed E-state index contributed by atoms with van der Waals surface area (Å²) in [7, 11) is 0. The zero-order valence-corrected chi connectivity index (χ0v) is 16.6. The fourth-order valence-electron chi connectivity index (χ4n) is 3.40. The second kappa shape index (κ2) is 8.57. The first-order valence-electron chi connectivity index (χ1n) is 9.24. The van der Waals surface area contributed by atoms with Gasteiger partial charge in [0.15, 0.2) is 0 Å². The number of alkyl halides is 1. The molecule has 0 amide bonds. The Morgan fingerprint density at radius 1 is 1.42 bits per heavy atom. The molecule has 0 bridgehead atoms. The molecule has 1 heterocycles. The molecule has 0 radical (unpaired) electrons. The number of hydrogen-bond acceptors (Lipinski definition) is 3. The smallest absolute Gasteiger partial charge is 0.130 e. The Hall–Kier alpha value is -0.740. The molecule has 2 rings (SSSR count). The first-order valence-corrected chi connectivity index (χ1v) is 10.2. The van der Waals surface area contributed by atoms with E-state index in [-0.39, 0.29) is 0 Å². The normalized spacial score (nSPS) is 21.9. The van der Waals surface area contributed by atoms with E-state index in [2.05, 4.69) is 36.9 Å². The predicted molar refractivity (Wildman–Crippen MR) is 106 cm³/mol. The second-order valence-electron chi connectivity index (χ2n) is 7.67. The minimum Gasteiger partial charge on any atom is -0.385 e. The Labute approximate surface area is 151 Å². The molecule has 1 aromatic rings. The average Bonchev–Trinajstić information content (AvgIpc) is 2.53. The van der Waals surface area contributed by atoms with Gasteiger partial charge in [0.1, 0.15) is 5.67 Å². The summed E-state index contributed by atoms with van der Waals surface area (Å²) < 4.78 is 17.7. The van der Waals surface area contributed by atoms with E-state index in [0.29, 0.717) is 17.8 Å². The molecule has 0 aliphatic carbocycles. The van der Waals surface area contributed by atoms with Crippen LogP contribution in [0, 0.1) is 11.8 Å². The minimum atomic E-state index is -1.28. The van der Waals surface area contributed by atoms with Gasteiger partial charge < -0.3 is 5.32 Å². The molecule has 1 aromatic carbocycles. The highest BCUT2D eigenvalue weighted by Gasteiger charge is 2.28. The van der Waals surface area contributed by atoms with Gasteiger partial charge in [0.05, 0.1) is 0 Å². The first-order chi connectivity index (χ1) is 11.3. The Morgan fingerprint density at radius 2 is 2.17 bits per heavy atom. The third-order valence-electron chi connectivity index (χ3n) is 5.20. The van der Waals surface area contributed by atoms with E-state index in [9.17, 15) is 4.39 Å². The highest BCUT2D eigenvalue weighted by molar-refractivity contribution is 7.97. The summed E-state index contributed by atoms with van der Waals surface area (Å²) >= 11 is 1.80. The Morgan fingerprint density at radius 3 is 2.83 bits per heavy atom. The molecule has 0 spiro atoms. The van der Waals surface area contributed by atoms with E-state index < -0.39 is 5.67 Å². The van der Waals surface area contributed by atoms with Crippen molar-refractivity contribution in [2.45, 2.75) is 59.0 Å². The monoisotopic (exact) mass is 352 g/mol. The third kappa shape index (κ3) is 5.13. The van der Waals surface area contributed by atoms with Crippen LogP contribution in [0.15, 0.2) is 18.2 Å². The fraction of sp³-hybridized carbons (Fsp3) is 0.700. The number of nitrogens with one attached hydrogen (secondary N) is 2. The first kappa shape index (κ1) is 19.6. The van der Waals surface area contributed by atoms with Crippen molar-refractivity contribution < 1.29 is 4.39 Å². The number of benzene rings is 1. The quantitative estimate of drug-likeness (QED) is 0.463. The minimum absolute atomic E-state index is 0.480. The molecule has 0 aromatic heterocycles. The van der Waals surface area contributed by atoms with Gasteiger partial charge in [-0.2, -0.15) is 0 Å². The van der Waals surface area contributed by atoms with Gasteiger partial charge in [-0.15, -0.1) is 0 Å². The molecule has 2 nitrogen and oxygen atoms in total. The average molecular weight is 353 g/mol. The number of anilines is 1. The molecular weight excluding hydrogens is 319 g/mol. The molecule has 3 atom stereocenters. The Balaban J connectivity index is 1.97. The van der Waals surface area contributed by atoms with Crippen molar-refractivity contribution in [3.05, 3.63) is 29.3 Å². The van der Waals surface area contributed by atoms with E-state index >= 15 is 0 Å². The lowest BCUT2D eigenvalue weighted by molar-refractivity contribution is 0.221. The second-order valence-corrected chi connectivity index (χ2v) is 8.82. The van der Waals surface area contributed by atoms with Crippen LogP contribution in [0.5, 0.6) is 0 Å². The fourth-order valence-corrected chi connectivity index (χ4v) is 4.00. The maximum atomic E-state index is 14.3. The molecule has 1 aliphatic heterocycles. The van der Waals surface area contributed by atoms with Gasteiger partial charge in [0, 0.05) is 24.5 Å². The third-order valence-corrected chi connectivity index (χ3v) is 5.86. The summed E-state index contributed by atoms with van der Waals surface area (Å²) in [5, 5.41) is 3.56. The Bertz CT molecular complexity index is 527. The van der Waals surface area contributed by atoms with Crippen molar-refractivity contribution in [1.82, 2.24) is 4.72 Å². The van der Waals surface area contributed by atoms with Crippen LogP contribution in [0.1, 0.15) is 64.5 Å². The summed E-state index contributed by atoms with van der Waals surface area (Å²) in [4.78, 5) is 0. The number of rotatable bonds is 8. The summed E-state index contributed by atoms with van der Waals surface area (Å²) in [6, 6.07) is 6.04. The van der Waals surface area contributed by atoms with E-state index in [4.69, 9.17) is 0 Å². The van der Waals surface area contributed by atoms with Crippen LogP contribution in [0.25, 0.3) is 0 Å². The summed E-state index contributed by atoms with van der Waals surface area (Å²) in [5.74, 6) is 2.90. The van der Waals surface area contributed by atoms with Gasteiger partial charge in [-0.1, -0.05) is 44.9 Å². The number of hydrogen-bond donors (Lipinski definition) is 2. The van der Waals surface area contributed by atoms with Crippen LogP contribution in [0.3, 0.4) is 0 Å². The summed E-state index contributed by atoms with van der Waals surface area (Å²) in [6.07, 6.45) is 2.45. The van der Waals surface area contributed by atoms with Crippen LogP contribution >= 0.6 is 11.9 Å². The topological polar surface area (TPSA) is 24.1 Å². The lowest BCUT2D eigenvalue weighted by atomic mass is 9.78. The molecule has 0 fully saturated rings. The van der Waals surface area contributed by atoms with Gasteiger partial charge in [-0.3, -0.25) is 4.72 Å². The standard InChI is InChI=1S/C20H33FN2S/c1-6-24-23-12-14(2)7-8-16-13-22-19-10-9-17(20(4,5)21)11-18(19)15(16)3/h9-11,14-16,22-23H,6-8,12-13H2,1-5H3. The van der Waals surface area contributed by atoms with E-state index in [1.54, 1.807) is 25.8 Å². The summed E-state index contributed by atoms with van der Waals surface area (Å²) in [6.45, 7) is 12.2.